The van der Waals surface area contributed by atoms with Crippen LogP contribution in [0.2, 0.25) is 0 Å². The zero-order valence-corrected chi connectivity index (χ0v) is 20.1. The van der Waals surface area contributed by atoms with Gasteiger partial charge in [-0.05, 0) is 13.3 Å². The van der Waals surface area contributed by atoms with E-state index in [1.165, 1.54) is 0 Å². The molecule has 0 amide bonds. The summed E-state index contributed by atoms with van der Waals surface area (Å²) in [5.41, 5.74) is -1.17. The molecule has 0 radical (unpaired) electrons. The van der Waals surface area contributed by atoms with Gasteiger partial charge in [0.05, 0.1) is 13.2 Å². The van der Waals surface area contributed by atoms with E-state index in [2.05, 4.69) is 24.2 Å². The Balaban J connectivity index is 1.98. The number of rotatable bonds is 12. The molecule has 17 nitrogen and oxygen atoms in total. The molecule has 1 fully saturated rings. The Morgan fingerprint density at radius 3 is 2.24 bits per heavy atom. The second kappa shape index (κ2) is 11.2. The Labute approximate surface area is 191 Å². The van der Waals surface area contributed by atoms with Gasteiger partial charge in [-0.3, -0.25) is 23.4 Å². The summed E-state index contributed by atoms with van der Waals surface area (Å²) >= 11 is 0. The molecule has 0 spiro atoms. The van der Waals surface area contributed by atoms with E-state index in [1.54, 1.807) is 6.92 Å². The summed E-state index contributed by atoms with van der Waals surface area (Å²) in [4.78, 5) is 53.5. The van der Waals surface area contributed by atoms with E-state index < -0.39 is 72.5 Å². The monoisotopic (exact) mass is 552 g/mol. The number of hydrogen-bond acceptors (Lipinski definition) is 12. The molecule has 1 aromatic rings. The zero-order chi connectivity index (χ0) is 25.9. The van der Waals surface area contributed by atoms with Crippen molar-refractivity contribution in [2.75, 3.05) is 13.2 Å². The molecule has 7 atom stereocenters. The van der Waals surface area contributed by atoms with Crippen molar-refractivity contribution in [3.63, 3.8) is 0 Å². The van der Waals surface area contributed by atoms with Crippen LogP contribution in [-0.2, 0) is 36.1 Å². The highest BCUT2D eigenvalue weighted by Gasteiger charge is 2.47. The number of aromatic nitrogens is 2. The minimum atomic E-state index is -5.69. The lowest BCUT2D eigenvalue weighted by Crippen LogP contribution is -2.37. The second-order valence-corrected chi connectivity index (χ2v) is 11.6. The van der Waals surface area contributed by atoms with Crippen LogP contribution in [0.15, 0.2) is 34.0 Å². The summed E-state index contributed by atoms with van der Waals surface area (Å²) in [6.45, 7) is 3.65. The Hall–Kier alpha value is -1.29. The summed E-state index contributed by atoms with van der Waals surface area (Å²) < 4.78 is 58.1. The topological polar surface area (TPSA) is 253 Å². The fraction of sp³-hybridized carbons (Fsp3) is 0.571. The van der Waals surface area contributed by atoms with Gasteiger partial charge in [-0.15, -0.1) is 6.58 Å². The number of nitrogens with one attached hydrogen (secondary N) is 1. The van der Waals surface area contributed by atoms with Crippen LogP contribution in [0.25, 0.3) is 0 Å². The number of hydrogen-bond donors (Lipinski definition) is 6. The van der Waals surface area contributed by atoms with Crippen LogP contribution in [0.4, 0.5) is 0 Å². The Morgan fingerprint density at radius 1 is 1.09 bits per heavy atom. The third kappa shape index (κ3) is 8.43. The average molecular weight is 552 g/mol. The molecule has 1 aliphatic heterocycles. The molecular formula is C14H23N2O15P3. The average Bonchev–Trinajstić information content (AvgIpc) is 2.92. The maximum atomic E-state index is 12.0. The summed E-state index contributed by atoms with van der Waals surface area (Å²) in [6, 6.07) is 0.935. The van der Waals surface area contributed by atoms with E-state index in [0.717, 1.165) is 16.8 Å². The number of aromatic amines is 1. The lowest BCUT2D eigenvalue weighted by atomic mass is 10.1. The van der Waals surface area contributed by atoms with Gasteiger partial charge >= 0.3 is 29.2 Å². The minimum Gasteiger partial charge on any atom is -0.387 e. The highest BCUT2D eigenvalue weighted by molar-refractivity contribution is 7.66. The van der Waals surface area contributed by atoms with Crippen LogP contribution in [0.5, 0.6) is 0 Å². The molecule has 0 aromatic carbocycles. The smallest absolute Gasteiger partial charge is 0.387 e. The van der Waals surface area contributed by atoms with Gasteiger partial charge in [0.1, 0.15) is 18.3 Å². The van der Waals surface area contributed by atoms with Crippen molar-refractivity contribution in [2.45, 2.75) is 37.9 Å². The number of nitrogens with zero attached hydrogens (tertiary/aromatic N) is 1. The van der Waals surface area contributed by atoms with Crippen molar-refractivity contribution in [3.05, 3.63) is 45.3 Å². The van der Waals surface area contributed by atoms with Gasteiger partial charge in [0, 0.05) is 12.3 Å². The Kier molecular flexibility index (Phi) is 9.52. The van der Waals surface area contributed by atoms with Crippen LogP contribution >= 0.6 is 23.5 Å². The lowest BCUT2D eigenvalue weighted by molar-refractivity contribution is -0.0542. The molecule has 6 N–H and O–H groups in total. The summed E-state index contributed by atoms with van der Waals surface area (Å²) in [5, 5.41) is 20.2. The number of phosphoric ester groups is 2. The maximum Gasteiger partial charge on any atom is 0.490 e. The Morgan fingerprint density at radius 2 is 1.68 bits per heavy atom. The van der Waals surface area contributed by atoms with E-state index in [-0.39, 0.29) is 6.42 Å². The maximum absolute atomic E-state index is 12.0. The number of aliphatic hydroxyl groups excluding tert-OH is 2. The van der Waals surface area contributed by atoms with Crippen molar-refractivity contribution < 1.29 is 61.0 Å². The highest BCUT2D eigenvalue weighted by atomic mass is 31.3. The standard InChI is InChI=1S/C14H23N2O15P3/c1-8(2)4-6-27-32(21,22)30-34(25,26)31-33(23,24)28-7-9-11(18)12(19)13(29-9)16-5-3-10(17)15-14(16)20/h3,5,9,11-13,18-19H,1,4,6-7H2,2H3,(H,21,22)(H,23,24)(H,25,26)(H,15,17,20)/t9-,11-,12-,13-/m1/s1. The third-order valence-electron chi connectivity index (χ3n) is 4.06. The summed E-state index contributed by atoms with van der Waals surface area (Å²) in [5.74, 6) is 0. The third-order valence-corrected chi connectivity index (χ3v) is 8.35. The first kappa shape index (κ1) is 28.9. The van der Waals surface area contributed by atoms with Gasteiger partial charge in [-0.25, -0.2) is 18.5 Å². The van der Waals surface area contributed by atoms with Gasteiger partial charge in [-0.1, -0.05) is 5.57 Å². The van der Waals surface area contributed by atoms with Gasteiger partial charge in [0.15, 0.2) is 6.23 Å². The van der Waals surface area contributed by atoms with E-state index in [9.17, 15) is 48.2 Å². The van der Waals surface area contributed by atoms with E-state index in [4.69, 9.17) is 4.74 Å². The fourth-order valence-electron chi connectivity index (χ4n) is 2.55. The molecule has 1 aliphatic rings. The molecule has 0 saturated carbocycles. The zero-order valence-electron chi connectivity index (χ0n) is 17.4. The van der Waals surface area contributed by atoms with Crippen molar-refractivity contribution in [1.82, 2.24) is 9.55 Å². The number of ether oxygens (including phenoxy) is 1. The van der Waals surface area contributed by atoms with Crippen LogP contribution in [0, 0.1) is 0 Å². The molecular weight excluding hydrogens is 529 g/mol. The Bertz CT molecular complexity index is 1150. The molecule has 3 unspecified atom stereocenters. The first-order valence-electron chi connectivity index (χ1n) is 9.19. The predicted molar refractivity (Wildman–Crippen MR) is 110 cm³/mol. The highest BCUT2D eigenvalue weighted by Crippen LogP contribution is 2.67. The van der Waals surface area contributed by atoms with Crippen LogP contribution < -0.4 is 11.2 Å². The molecule has 2 heterocycles. The molecule has 34 heavy (non-hydrogen) atoms. The van der Waals surface area contributed by atoms with Gasteiger partial charge in [0.2, 0.25) is 0 Å². The minimum absolute atomic E-state index is 0.105. The van der Waals surface area contributed by atoms with Crippen molar-refractivity contribution >= 4 is 23.5 Å². The van der Waals surface area contributed by atoms with Crippen molar-refractivity contribution in [3.8, 4) is 0 Å². The van der Waals surface area contributed by atoms with Gasteiger partial charge < -0.3 is 29.6 Å². The van der Waals surface area contributed by atoms with E-state index in [1.807, 2.05) is 4.98 Å². The van der Waals surface area contributed by atoms with Crippen molar-refractivity contribution in [1.29, 1.82) is 0 Å². The van der Waals surface area contributed by atoms with Crippen LogP contribution in [0.3, 0.4) is 0 Å². The molecule has 0 aliphatic carbocycles. The van der Waals surface area contributed by atoms with E-state index >= 15 is 0 Å². The largest absolute Gasteiger partial charge is 0.490 e. The van der Waals surface area contributed by atoms with Crippen LogP contribution in [0.1, 0.15) is 19.6 Å². The van der Waals surface area contributed by atoms with Gasteiger partial charge in [0.25, 0.3) is 5.56 Å². The lowest BCUT2D eigenvalue weighted by Gasteiger charge is -2.20. The number of aliphatic hydroxyl groups is 2. The number of H-pyrrole nitrogens is 1. The molecule has 20 heteroatoms. The SMILES string of the molecule is C=C(C)CCOP(=O)(O)OP(=O)(O)OP(=O)(O)OC[C@H]1O[C@@H](n2ccc(=O)[nH]c2=O)[C@H](O)[C@@H]1O. The van der Waals surface area contributed by atoms with Gasteiger partial charge in [-0.2, -0.15) is 8.62 Å². The quantitative estimate of drug-likeness (QED) is 0.141. The molecule has 1 saturated heterocycles. The fourth-order valence-corrected chi connectivity index (χ4v) is 6.06. The molecule has 2 rings (SSSR count). The van der Waals surface area contributed by atoms with Crippen LogP contribution in [-0.4, -0.2) is 66.0 Å². The molecule has 1 aromatic heterocycles. The molecule has 0 bridgehead atoms. The predicted octanol–water partition coefficient (Wildman–Crippen LogP) is -0.510. The summed E-state index contributed by atoms with van der Waals surface area (Å²) in [7, 11) is -16.4. The summed E-state index contributed by atoms with van der Waals surface area (Å²) in [6.07, 6.45) is -5.54. The van der Waals surface area contributed by atoms with E-state index in [0.29, 0.717) is 5.57 Å². The number of phosphoric acid groups is 3. The molecule has 194 valence electrons. The first-order chi connectivity index (χ1) is 15.5. The second-order valence-electron chi connectivity index (χ2n) is 6.97. The van der Waals surface area contributed by atoms with Crippen molar-refractivity contribution in [2.24, 2.45) is 0 Å². The normalized spacial score (nSPS) is 28.1. The first-order valence-corrected chi connectivity index (χ1v) is 13.7.